The Morgan fingerprint density at radius 1 is 0.184 bits per heavy atom. The van der Waals surface area contributed by atoms with Gasteiger partial charge in [0.25, 0.3) is 0 Å². The number of aromatic nitrogens is 2. The molecule has 0 saturated heterocycles. The summed E-state index contributed by atoms with van der Waals surface area (Å²) in [4.78, 5) is 0. The van der Waals surface area contributed by atoms with Crippen LogP contribution < -0.4 is 0 Å². The van der Waals surface area contributed by atoms with E-state index in [1.165, 1.54) is 149 Å². The zero-order chi connectivity index (χ0) is 57.4. The van der Waals surface area contributed by atoms with Crippen molar-refractivity contribution in [3.63, 3.8) is 0 Å². The van der Waals surface area contributed by atoms with Crippen LogP contribution >= 0.6 is 0 Å². The lowest BCUT2D eigenvalue weighted by atomic mass is 9.67. The van der Waals surface area contributed by atoms with Gasteiger partial charge in [-0.3, -0.25) is 0 Å². The third-order valence-corrected chi connectivity index (χ3v) is 18.5. The van der Waals surface area contributed by atoms with Gasteiger partial charge >= 0.3 is 0 Å². The molecule has 0 aliphatic heterocycles. The summed E-state index contributed by atoms with van der Waals surface area (Å²) in [5.74, 6) is 0. The predicted octanol–water partition coefficient (Wildman–Crippen LogP) is 22.2. The molecule has 0 amide bonds. The number of nitrogens with zero attached hydrogens (tertiary/aromatic N) is 2. The first-order valence-corrected chi connectivity index (χ1v) is 30.1. The molecule has 0 spiro atoms. The summed E-state index contributed by atoms with van der Waals surface area (Å²) >= 11 is 0. The maximum atomic E-state index is 2.46. The fourth-order valence-corrected chi connectivity index (χ4v) is 14.5. The van der Waals surface area contributed by atoms with Crippen LogP contribution in [0, 0.1) is 0 Å². The van der Waals surface area contributed by atoms with Crippen molar-refractivity contribution in [2.45, 2.75) is 5.41 Å². The van der Waals surface area contributed by atoms with Crippen LogP contribution in [0.3, 0.4) is 0 Å². The first-order valence-electron chi connectivity index (χ1n) is 30.1. The molecule has 0 unspecified atom stereocenters. The Morgan fingerprint density at radius 2 is 0.517 bits per heavy atom. The molecule has 2 aromatic heterocycles. The van der Waals surface area contributed by atoms with E-state index < -0.39 is 5.41 Å². The Morgan fingerprint density at radius 3 is 1.03 bits per heavy atom. The highest BCUT2D eigenvalue weighted by Crippen LogP contribution is 2.56. The zero-order valence-electron chi connectivity index (χ0n) is 47.7. The minimum atomic E-state index is -0.497. The van der Waals surface area contributed by atoms with Crippen molar-refractivity contribution < 1.29 is 0 Å². The number of para-hydroxylation sites is 4. The average Bonchev–Trinajstić information content (AvgIpc) is 1.77. The van der Waals surface area contributed by atoms with E-state index in [0.29, 0.717) is 0 Å². The SMILES string of the molecule is c1ccc(-c2ccc(C3(c4cccc(-c5ccc(-c6ccc(-c7ccccc7-n7c8ccccc8c8cc(-c9ccc%10c(c9)c9ccccc9n%10-c9ccccc9-c9ccccc9)ccc87)cc6)cc5)c4)c4ccccc4-c4ccccc43)cc2)cc1. The predicted molar refractivity (Wildman–Crippen MR) is 365 cm³/mol. The van der Waals surface area contributed by atoms with Gasteiger partial charge in [0, 0.05) is 32.7 Å². The van der Waals surface area contributed by atoms with Gasteiger partial charge in [0.2, 0.25) is 0 Å². The molecule has 87 heavy (non-hydrogen) atoms. The molecule has 1 aliphatic rings. The largest absolute Gasteiger partial charge is 0.309 e. The number of rotatable bonds is 10. The zero-order valence-corrected chi connectivity index (χ0v) is 47.7. The molecule has 1 aliphatic carbocycles. The summed E-state index contributed by atoms with van der Waals surface area (Å²) < 4.78 is 4.90. The van der Waals surface area contributed by atoms with Crippen LogP contribution in [0.1, 0.15) is 22.3 Å². The molecule has 0 bridgehead atoms. The van der Waals surface area contributed by atoms with E-state index in [0.717, 1.165) is 5.69 Å². The van der Waals surface area contributed by atoms with E-state index in [2.05, 4.69) is 349 Å². The van der Waals surface area contributed by atoms with Gasteiger partial charge in [0.1, 0.15) is 0 Å². The Hall–Kier alpha value is -11.3. The highest BCUT2D eigenvalue weighted by atomic mass is 15.0. The molecule has 2 heteroatoms. The number of benzene rings is 14. The van der Waals surface area contributed by atoms with Crippen LogP contribution in [0.4, 0.5) is 0 Å². The van der Waals surface area contributed by atoms with Crippen LogP contribution in [0.15, 0.2) is 340 Å². The minimum absolute atomic E-state index is 0.497. The first kappa shape index (κ1) is 50.2. The topological polar surface area (TPSA) is 9.86 Å². The molecule has 16 aromatic rings. The van der Waals surface area contributed by atoms with Crippen LogP contribution in [0.2, 0.25) is 0 Å². The molecule has 0 atom stereocenters. The van der Waals surface area contributed by atoms with Gasteiger partial charge in [-0.2, -0.15) is 0 Å². The summed E-state index contributed by atoms with van der Waals surface area (Å²) in [6.45, 7) is 0. The highest BCUT2D eigenvalue weighted by molar-refractivity contribution is 6.13. The smallest absolute Gasteiger partial charge is 0.0713 e. The molecule has 0 N–H and O–H groups in total. The molecule has 0 fully saturated rings. The standard InChI is InChI=1S/C85H56N2/c1-3-20-57(21-4-1)60-46-50-67(51-47-60)85(77-32-13-7-28-71(77)72-29-8-14-33-78(72)85)68-25-19-24-64(54-68)61-40-38-58(39-41-61)59-42-44-63(45-43-59)70-27-10-16-35-80(70)87-82-37-18-12-31-74(82)76-56-66(49-53-84(76)87)65-48-52-83-75(55-65)73-30-11-17-36-81(73)86(83)79-34-15-9-26-69(79)62-22-5-2-6-23-62/h1-56H. The normalized spacial score (nSPS) is 12.5. The Kier molecular flexibility index (Phi) is 11.8. The number of hydrogen-bond donors (Lipinski definition) is 0. The maximum Gasteiger partial charge on any atom is 0.0713 e. The van der Waals surface area contributed by atoms with E-state index in [4.69, 9.17) is 0 Å². The summed E-state index contributed by atoms with van der Waals surface area (Å²) in [6.07, 6.45) is 0. The van der Waals surface area contributed by atoms with Gasteiger partial charge in [-0.15, -0.1) is 0 Å². The van der Waals surface area contributed by atoms with Gasteiger partial charge in [-0.25, -0.2) is 0 Å². The van der Waals surface area contributed by atoms with Crippen molar-refractivity contribution in [3.8, 4) is 89.3 Å². The molecular formula is C85H56N2. The second kappa shape index (κ2) is 20.5. The van der Waals surface area contributed by atoms with Crippen molar-refractivity contribution in [1.82, 2.24) is 9.13 Å². The summed E-state index contributed by atoms with van der Waals surface area (Å²) in [5.41, 5.74) is 28.6. The van der Waals surface area contributed by atoms with Crippen LogP contribution in [0.5, 0.6) is 0 Å². The second-order valence-electron chi connectivity index (χ2n) is 23.1. The molecule has 406 valence electrons. The molecule has 2 nitrogen and oxygen atoms in total. The minimum Gasteiger partial charge on any atom is -0.309 e. The van der Waals surface area contributed by atoms with Gasteiger partial charge in [0.15, 0.2) is 0 Å². The van der Waals surface area contributed by atoms with E-state index in [-0.39, 0.29) is 0 Å². The number of hydrogen-bond acceptors (Lipinski definition) is 0. The van der Waals surface area contributed by atoms with Gasteiger partial charge < -0.3 is 9.13 Å². The maximum absolute atomic E-state index is 2.46. The van der Waals surface area contributed by atoms with Crippen molar-refractivity contribution in [2.24, 2.45) is 0 Å². The summed E-state index contributed by atoms with van der Waals surface area (Å²) in [5, 5.41) is 4.93. The lowest BCUT2D eigenvalue weighted by Crippen LogP contribution is -2.28. The van der Waals surface area contributed by atoms with E-state index >= 15 is 0 Å². The molecule has 17 rings (SSSR count). The van der Waals surface area contributed by atoms with Crippen molar-refractivity contribution >= 4 is 43.6 Å². The Labute approximate surface area is 506 Å². The fourth-order valence-electron chi connectivity index (χ4n) is 14.5. The summed E-state index contributed by atoms with van der Waals surface area (Å²) in [6, 6.07) is 125. The molecule has 14 aromatic carbocycles. The summed E-state index contributed by atoms with van der Waals surface area (Å²) in [7, 11) is 0. The van der Waals surface area contributed by atoms with E-state index in [1.54, 1.807) is 0 Å². The van der Waals surface area contributed by atoms with Gasteiger partial charge in [0.05, 0.1) is 38.9 Å². The lowest BCUT2D eigenvalue weighted by molar-refractivity contribution is 0.769. The molecule has 0 saturated carbocycles. The average molecular weight is 1110 g/mol. The second-order valence-corrected chi connectivity index (χ2v) is 23.1. The number of fused-ring (bicyclic) bond motifs is 9. The first-order chi connectivity index (χ1) is 43.2. The van der Waals surface area contributed by atoms with Crippen LogP contribution in [-0.4, -0.2) is 9.13 Å². The van der Waals surface area contributed by atoms with Crippen molar-refractivity contribution in [3.05, 3.63) is 362 Å². The Balaban J connectivity index is 0.691. The van der Waals surface area contributed by atoms with E-state index in [1.807, 2.05) is 0 Å². The monoisotopic (exact) mass is 1100 g/mol. The van der Waals surface area contributed by atoms with Crippen molar-refractivity contribution in [1.29, 1.82) is 0 Å². The van der Waals surface area contributed by atoms with Crippen LogP contribution in [0.25, 0.3) is 133 Å². The molecular weight excluding hydrogens is 1050 g/mol. The lowest BCUT2D eigenvalue weighted by Gasteiger charge is -2.34. The highest BCUT2D eigenvalue weighted by Gasteiger charge is 2.46. The quantitative estimate of drug-likeness (QED) is 0.129. The van der Waals surface area contributed by atoms with Gasteiger partial charge in [-0.1, -0.05) is 285 Å². The molecule has 2 heterocycles. The third kappa shape index (κ3) is 8.10. The fraction of sp³-hybridized carbons (Fsp3) is 0.0118. The van der Waals surface area contributed by atoms with Crippen LogP contribution in [-0.2, 0) is 5.41 Å². The molecule has 0 radical (unpaired) electrons. The van der Waals surface area contributed by atoms with Gasteiger partial charge in [-0.05, 0) is 144 Å². The van der Waals surface area contributed by atoms with E-state index in [9.17, 15) is 0 Å². The Bertz CT molecular complexity index is 5250. The van der Waals surface area contributed by atoms with Crippen molar-refractivity contribution in [2.75, 3.05) is 0 Å². The third-order valence-electron chi connectivity index (χ3n) is 18.5.